The van der Waals surface area contributed by atoms with Crippen molar-refractivity contribution < 1.29 is 4.74 Å². The zero-order chi connectivity index (χ0) is 13.7. The van der Waals surface area contributed by atoms with Gasteiger partial charge in [-0.1, -0.05) is 0 Å². The van der Waals surface area contributed by atoms with Crippen molar-refractivity contribution in [3.8, 4) is 17.0 Å². The van der Waals surface area contributed by atoms with Crippen molar-refractivity contribution in [2.45, 2.75) is 20.3 Å². The normalized spacial score (nSPS) is 10.7. The van der Waals surface area contributed by atoms with Crippen molar-refractivity contribution in [3.05, 3.63) is 34.2 Å². The smallest absolute Gasteiger partial charge is 0.119 e. The average Bonchev–Trinajstić information content (AvgIpc) is 2.85. The molecule has 0 saturated carbocycles. The molecule has 0 atom stereocenters. The van der Waals surface area contributed by atoms with Crippen LogP contribution in [0.15, 0.2) is 23.6 Å². The van der Waals surface area contributed by atoms with Crippen LogP contribution in [0.1, 0.15) is 17.5 Å². The minimum Gasteiger partial charge on any atom is -0.494 e. The molecule has 3 nitrogen and oxygen atoms in total. The Balaban J connectivity index is 2.19. The van der Waals surface area contributed by atoms with Crippen LogP contribution in [0.5, 0.6) is 5.75 Å². The molecule has 102 valence electrons. The van der Waals surface area contributed by atoms with Crippen molar-refractivity contribution in [2.75, 3.05) is 20.2 Å². The number of aryl methyl sites for hydroxylation is 1. The summed E-state index contributed by atoms with van der Waals surface area (Å²) >= 11 is 1.73. The predicted octanol–water partition coefficient (Wildman–Crippen LogP) is 3.28. The van der Waals surface area contributed by atoms with Crippen LogP contribution in [0.3, 0.4) is 0 Å². The molecule has 0 fully saturated rings. The fraction of sp³-hybridized carbons (Fsp3) is 0.400. The maximum absolute atomic E-state index is 5.51. The number of thiazole rings is 1. The Bertz CT molecular complexity index is 537. The van der Waals surface area contributed by atoms with Crippen LogP contribution in [-0.4, -0.2) is 25.2 Å². The lowest BCUT2D eigenvalue weighted by molar-refractivity contribution is 0.340. The van der Waals surface area contributed by atoms with Crippen LogP contribution in [0.4, 0.5) is 0 Å². The van der Waals surface area contributed by atoms with E-state index in [1.54, 1.807) is 11.3 Å². The van der Waals surface area contributed by atoms with E-state index >= 15 is 0 Å². The number of hydrogen-bond acceptors (Lipinski definition) is 4. The SMILES string of the molecule is CCOc1ccc(-c2csc(CCNC)n2)c(C)c1. The predicted molar refractivity (Wildman–Crippen MR) is 81.1 cm³/mol. The number of aromatic nitrogens is 1. The van der Waals surface area contributed by atoms with Gasteiger partial charge in [-0.15, -0.1) is 11.3 Å². The van der Waals surface area contributed by atoms with Crippen molar-refractivity contribution in [1.82, 2.24) is 10.3 Å². The molecule has 0 aliphatic carbocycles. The Morgan fingerprint density at radius 2 is 2.21 bits per heavy atom. The van der Waals surface area contributed by atoms with E-state index in [-0.39, 0.29) is 0 Å². The summed E-state index contributed by atoms with van der Waals surface area (Å²) in [7, 11) is 1.96. The summed E-state index contributed by atoms with van der Waals surface area (Å²) in [4.78, 5) is 4.69. The second-order valence-electron chi connectivity index (χ2n) is 4.39. The van der Waals surface area contributed by atoms with E-state index in [0.717, 1.165) is 24.4 Å². The van der Waals surface area contributed by atoms with Crippen LogP contribution >= 0.6 is 11.3 Å². The molecule has 1 heterocycles. The zero-order valence-electron chi connectivity index (χ0n) is 11.7. The van der Waals surface area contributed by atoms with Gasteiger partial charge in [0.05, 0.1) is 17.3 Å². The lowest BCUT2D eigenvalue weighted by atomic mass is 10.1. The number of ether oxygens (including phenoxy) is 1. The van der Waals surface area contributed by atoms with E-state index in [0.29, 0.717) is 6.61 Å². The fourth-order valence-corrected chi connectivity index (χ4v) is 2.76. The Morgan fingerprint density at radius 1 is 1.37 bits per heavy atom. The first-order valence-corrected chi connectivity index (χ1v) is 7.45. The van der Waals surface area contributed by atoms with Gasteiger partial charge in [0.15, 0.2) is 0 Å². The maximum atomic E-state index is 5.51. The molecule has 0 saturated heterocycles. The van der Waals surface area contributed by atoms with Gasteiger partial charge in [-0.3, -0.25) is 0 Å². The highest BCUT2D eigenvalue weighted by Gasteiger charge is 2.08. The maximum Gasteiger partial charge on any atom is 0.119 e. The molecule has 1 N–H and O–H groups in total. The number of rotatable bonds is 6. The molecule has 4 heteroatoms. The average molecular weight is 276 g/mol. The molecule has 2 aromatic rings. The molecule has 0 amide bonds. The quantitative estimate of drug-likeness (QED) is 0.879. The van der Waals surface area contributed by atoms with Crippen LogP contribution < -0.4 is 10.1 Å². The molecule has 0 spiro atoms. The molecule has 1 aromatic carbocycles. The van der Waals surface area contributed by atoms with E-state index in [9.17, 15) is 0 Å². The zero-order valence-corrected chi connectivity index (χ0v) is 12.5. The van der Waals surface area contributed by atoms with Crippen LogP contribution in [0.25, 0.3) is 11.3 Å². The Kier molecular flexibility index (Phi) is 4.93. The standard InChI is InChI=1S/C15H20N2OS/c1-4-18-12-5-6-13(11(2)9-12)14-10-19-15(17-14)7-8-16-3/h5-6,9-10,16H,4,7-8H2,1-3H3. The summed E-state index contributed by atoms with van der Waals surface area (Å²) in [5, 5.41) is 6.46. The molecule has 19 heavy (non-hydrogen) atoms. The molecule has 0 bridgehead atoms. The summed E-state index contributed by atoms with van der Waals surface area (Å²) in [6, 6.07) is 6.18. The summed E-state index contributed by atoms with van der Waals surface area (Å²) in [5.74, 6) is 0.925. The molecule has 1 aromatic heterocycles. The summed E-state index contributed by atoms with van der Waals surface area (Å²) in [6.07, 6.45) is 0.983. The summed E-state index contributed by atoms with van der Waals surface area (Å²) in [6.45, 7) is 5.76. The van der Waals surface area contributed by atoms with Crippen molar-refractivity contribution >= 4 is 11.3 Å². The minimum absolute atomic E-state index is 0.698. The Labute approximate surface area is 118 Å². The van der Waals surface area contributed by atoms with E-state index in [2.05, 4.69) is 29.8 Å². The van der Waals surface area contributed by atoms with Gasteiger partial charge in [-0.05, 0) is 44.7 Å². The van der Waals surface area contributed by atoms with E-state index < -0.39 is 0 Å². The van der Waals surface area contributed by atoms with Crippen LogP contribution in [0, 0.1) is 6.92 Å². The number of likely N-dealkylation sites (N-methyl/N-ethyl adjacent to an activating group) is 1. The van der Waals surface area contributed by atoms with Crippen molar-refractivity contribution in [1.29, 1.82) is 0 Å². The van der Waals surface area contributed by atoms with Crippen LogP contribution in [0.2, 0.25) is 0 Å². The second-order valence-corrected chi connectivity index (χ2v) is 5.33. The highest BCUT2D eigenvalue weighted by molar-refractivity contribution is 7.09. The van der Waals surface area contributed by atoms with Gasteiger partial charge < -0.3 is 10.1 Å². The molecule has 0 unspecified atom stereocenters. The monoisotopic (exact) mass is 276 g/mol. The first kappa shape index (κ1) is 14.0. The van der Waals surface area contributed by atoms with Gasteiger partial charge in [0.25, 0.3) is 0 Å². The lowest BCUT2D eigenvalue weighted by Gasteiger charge is -2.07. The lowest BCUT2D eigenvalue weighted by Crippen LogP contribution is -2.09. The van der Waals surface area contributed by atoms with Gasteiger partial charge in [0.1, 0.15) is 5.75 Å². The number of nitrogens with zero attached hydrogens (tertiary/aromatic N) is 1. The fourth-order valence-electron chi connectivity index (χ4n) is 1.96. The molecular formula is C15H20N2OS. The minimum atomic E-state index is 0.698. The van der Waals surface area contributed by atoms with Crippen LogP contribution in [-0.2, 0) is 6.42 Å². The van der Waals surface area contributed by atoms with Gasteiger partial charge in [0.2, 0.25) is 0 Å². The highest BCUT2D eigenvalue weighted by Crippen LogP contribution is 2.28. The third-order valence-electron chi connectivity index (χ3n) is 2.93. The number of hydrogen-bond donors (Lipinski definition) is 1. The topological polar surface area (TPSA) is 34.1 Å². The largest absolute Gasteiger partial charge is 0.494 e. The van der Waals surface area contributed by atoms with Crippen molar-refractivity contribution in [2.24, 2.45) is 0 Å². The van der Waals surface area contributed by atoms with Gasteiger partial charge in [-0.2, -0.15) is 0 Å². The van der Waals surface area contributed by atoms with E-state index in [1.807, 2.05) is 20.0 Å². The molecular weight excluding hydrogens is 256 g/mol. The molecule has 2 rings (SSSR count). The van der Waals surface area contributed by atoms with Gasteiger partial charge in [-0.25, -0.2) is 4.98 Å². The number of benzene rings is 1. The number of nitrogens with one attached hydrogen (secondary N) is 1. The first-order valence-electron chi connectivity index (χ1n) is 6.57. The highest BCUT2D eigenvalue weighted by atomic mass is 32.1. The van der Waals surface area contributed by atoms with E-state index in [1.165, 1.54) is 16.1 Å². The first-order chi connectivity index (χ1) is 9.24. The molecule has 0 radical (unpaired) electrons. The third-order valence-corrected chi connectivity index (χ3v) is 3.83. The van der Waals surface area contributed by atoms with E-state index in [4.69, 9.17) is 9.72 Å². The van der Waals surface area contributed by atoms with Gasteiger partial charge in [0, 0.05) is 23.9 Å². The third kappa shape index (κ3) is 3.55. The van der Waals surface area contributed by atoms with Gasteiger partial charge >= 0.3 is 0 Å². The Hall–Kier alpha value is -1.39. The second kappa shape index (κ2) is 6.68. The molecule has 0 aliphatic rings. The summed E-state index contributed by atoms with van der Waals surface area (Å²) < 4.78 is 5.51. The molecule has 0 aliphatic heterocycles. The summed E-state index contributed by atoms with van der Waals surface area (Å²) in [5.41, 5.74) is 3.46. The van der Waals surface area contributed by atoms with Crippen molar-refractivity contribution in [3.63, 3.8) is 0 Å². The Morgan fingerprint density at radius 3 is 2.89 bits per heavy atom.